The van der Waals surface area contributed by atoms with Crippen LogP contribution >= 0.6 is 0 Å². The predicted molar refractivity (Wildman–Crippen MR) is 46.3 cm³/mol. The Morgan fingerprint density at radius 2 is 2.31 bits per heavy atom. The number of pyridine rings is 1. The van der Waals surface area contributed by atoms with Crippen LogP contribution in [0.15, 0.2) is 24.4 Å². The van der Waals surface area contributed by atoms with Crippen LogP contribution in [0.4, 0.5) is 0 Å². The minimum absolute atomic E-state index is 0.0550. The van der Waals surface area contributed by atoms with Gasteiger partial charge in [0, 0.05) is 11.8 Å². The second-order valence-corrected chi connectivity index (χ2v) is 2.24. The quantitative estimate of drug-likeness (QED) is 0.552. The summed E-state index contributed by atoms with van der Waals surface area (Å²) >= 11 is 0. The first kappa shape index (κ1) is 9.12. The summed E-state index contributed by atoms with van der Waals surface area (Å²) in [4.78, 5) is 24.3. The van der Waals surface area contributed by atoms with Crippen molar-refractivity contribution in [3.63, 3.8) is 0 Å². The van der Waals surface area contributed by atoms with Crippen molar-refractivity contribution in [3.05, 3.63) is 35.7 Å². The van der Waals surface area contributed by atoms with Crippen molar-refractivity contribution in [3.8, 4) is 0 Å². The van der Waals surface area contributed by atoms with Gasteiger partial charge in [0.2, 0.25) is 0 Å². The number of allylic oxidation sites excluding steroid dienone is 1. The molecule has 1 aromatic heterocycles. The smallest absolute Gasteiger partial charge is 0.355 e. The highest BCUT2D eigenvalue weighted by atomic mass is 16.4. The summed E-state index contributed by atoms with van der Waals surface area (Å²) in [6.07, 6.45) is 4.60. The van der Waals surface area contributed by atoms with Gasteiger partial charge in [0.05, 0.1) is 0 Å². The molecule has 0 radical (unpaired) electrons. The first-order valence-electron chi connectivity index (χ1n) is 3.56. The van der Waals surface area contributed by atoms with Gasteiger partial charge in [0.25, 0.3) is 0 Å². The normalized spacial score (nSPS) is 10.2. The topological polar surface area (TPSA) is 67.3 Å². The molecule has 0 amide bonds. The summed E-state index contributed by atoms with van der Waals surface area (Å²) in [5.41, 5.74) is 0.364. The molecule has 0 unspecified atom stereocenters. The zero-order valence-electron chi connectivity index (χ0n) is 6.68. The summed E-state index contributed by atoms with van der Waals surface area (Å²) in [6, 6.07) is 3.19. The van der Waals surface area contributed by atoms with E-state index in [0.29, 0.717) is 11.8 Å². The largest absolute Gasteiger partial charge is 0.476 e. The van der Waals surface area contributed by atoms with Gasteiger partial charge >= 0.3 is 5.97 Å². The van der Waals surface area contributed by atoms with Gasteiger partial charge < -0.3 is 5.11 Å². The van der Waals surface area contributed by atoms with Crippen LogP contribution in [0, 0.1) is 0 Å². The molecular formula is C9H7NO3. The zero-order valence-corrected chi connectivity index (χ0v) is 6.68. The Balaban J connectivity index is 3.11. The average molecular weight is 177 g/mol. The summed E-state index contributed by atoms with van der Waals surface area (Å²) in [6.45, 7) is 0. The first-order chi connectivity index (χ1) is 6.25. The van der Waals surface area contributed by atoms with Crippen LogP contribution in [0.1, 0.15) is 16.1 Å². The maximum Gasteiger partial charge on any atom is 0.355 e. The number of nitrogens with zero attached hydrogens (tertiary/aromatic N) is 1. The van der Waals surface area contributed by atoms with E-state index in [4.69, 9.17) is 5.11 Å². The van der Waals surface area contributed by atoms with Crippen LogP contribution in [0.3, 0.4) is 0 Å². The Hall–Kier alpha value is -1.97. The lowest BCUT2D eigenvalue weighted by Gasteiger charge is -1.97. The van der Waals surface area contributed by atoms with Crippen LogP contribution in [0.2, 0.25) is 0 Å². The number of carbonyl (C=O) groups is 2. The van der Waals surface area contributed by atoms with Crippen molar-refractivity contribution in [1.82, 2.24) is 4.98 Å². The number of carboxylic acid groups (broad SMARTS) is 1. The lowest BCUT2D eigenvalue weighted by Crippen LogP contribution is -2.02. The van der Waals surface area contributed by atoms with Crippen molar-refractivity contribution >= 4 is 18.3 Å². The van der Waals surface area contributed by atoms with E-state index in [-0.39, 0.29) is 5.69 Å². The van der Waals surface area contributed by atoms with E-state index in [1.54, 1.807) is 12.1 Å². The molecule has 0 saturated carbocycles. The van der Waals surface area contributed by atoms with Gasteiger partial charge in [-0.2, -0.15) is 0 Å². The second-order valence-electron chi connectivity index (χ2n) is 2.24. The van der Waals surface area contributed by atoms with Crippen LogP contribution in [0.25, 0.3) is 6.08 Å². The third-order valence-electron chi connectivity index (χ3n) is 1.40. The monoisotopic (exact) mass is 177 g/mol. The average Bonchev–Trinajstić information content (AvgIpc) is 2.15. The fourth-order valence-electron chi connectivity index (χ4n) is 0.874. The molecule has 4 heteroatoms. The highest BCUT2D eigenvalue weighted by Crippen LogP contribution is 2.06. The number of hydrogen-bond acceptors (Lipinski definition) is 3. The Morgan fingerprint density at radius 1 is 1.54 bits per heavy atom. The van der Waals surface area contributed by atoms with Gasteiger partial charge in [-0.05, 0) is 18.2 Å². The van der Waals surface area contributed by atoms with E-state index in [0.717, 1.165) is 0 Å². The molecule has 0 bridgehead atoms. The molecule has 0 aromatic carbocycles. The minimum Gasteiger partial charge on any atom is -0.476 e. The second kappa shape index (κ2) is 4.15. The Kier molecular flexibility index (Phi) is 2.92. The molecule has 0 aliphatic heterocycles. The molecule has 1 rings (SSSR count). The van der Waals surface area contributed by atoms with Gasteiger partial charge in [-0.3, -0.25) is 4.79 Å². The van der Waals surface area contributed by atoms with Crippen LogP contribution in [-0.2, 0) is 4.79 Å². The lowest BCUT2D eigenvalue weighted by atomic mass is 10.2. The number of hydrogen-bond donors (Lipinski definition) is 1. The van der Waals surface area contributed by atoms with E-state index in [1.807, 2.05) is 0 Å². The Morgan fingerprint density at radius 3 is 2.92 bits per heavy atom. The number of rotatable bonds is 3. The highest BCUT2D eigenvalue weighted by molar-refractivity contribution is 5.90. The van der Waals surface area contributed by atoms with Crippen LogP contribution in [0.5, 0.6) is 0 Å². The van der Waals surface area contributed by atoms with Crippen molar-refractivity contribution in [2.24, 2.45) is 0 Å². The molecule has 0 aliphatic rings. The van der Waals surface area contributed by atoms with E-state index < -0.39 is 5.97 Å². The molecule has 0 atom stereocenters. The third-order valence-corrected chi connectivity index (χ3v) is 1.40. The summed E-state index contributed by atoms with van der Waals surface area (Å²) in [5.74, 6) is -1.11. The molecule has 1 heterocycles. The minimum atomic E-state index is -1.11. The molecule has 4 nitrogen and oxygen atoms in total. The Labute approximate surface area is 74.5 Å². The SMILES string of the molecule is O=CC=Cc1cccnc1C(=O)O. The number of aromatic carboxylic acids is 1. The van der Waals surface area contributed by atoms with E-state index in [1.165, 1.54) is 18.3 Å². The van der Waals surface area contributed by atoms with E-state index in [2.05, 4.69) is 4.98 Å². The van der Waals surface area contributed by atoms with Crippen molar-refractivity contribution < 1.29 is 14.7 Å². The third kappa shape index (κ3) is 2.23. The summed E-state index contributed by atoms with van der Waals surface area (Å²) < 4.78 is 0. The highest BCUT2D eigenvalue weighted by Gasteiger charge is 2.07. The Bertz CT molecular complexity index is 358. The molecule has 0 aliphatic carbocycles. The molecule has 1 aromatic rings. The van der Waals surface area contributed by atoms with Crippen LogP contribution < -0.4 is 0 Å². The summed E-state index contributed by atoms with van der Waals surface area (Å²) in [5, 5.41) is 8.68. The van der Waals surface area contributed by atoms with Gasteiger partial charge in [-0.1, -0.05) is 6.07 Å². The molecular weight excluding hydrogens is 170 g/mol. The molecule has 0 spiro atoms. The first-order valence-corrected chi connectivity index (χ1v) is 3.56. The molecule has 0 fully saturated rings. The van der Waals surface area contributed by atoms with Crippen LogP contribution in [-0.4, -0.2) is 22.3 Å². The summed E-state index contributed by atoms with van der Waals surface area (Å²) in [7, 11) is 0. The van der Waals surface area contributed by atoms with Gasteiger partial charge in [0.15, 0.2) is 5.69 Å². The predicted octanol–water partition coefficient (Wildman–Crippen LogP) is 0.992. The maximum absolute atomic E-state index is 10.6. The van der Waals surface area contributed by atoms with Crippen molar-refractivity contribution in [2.75, 3.05) is 0 Å². The standard InChI is InChI=1S/C9H7NO3/c11-6-2-4-7-3-1-5-10-8(7)9(12)13/h1-6H,(H,12,13). The molecule has 66 valence electrons. The van der Waals surface area contributed by atoms with Gasteiger partial charge in [-0.15, -0.1) is 0 Å². The van der Waals surface area contributed by atoms with Gasteiger partial charge in [-0.25, -0.2) is 9.78 Å². The number of aromatic nitrogens is 1. The molecule has 1 N–H and O–H groups in total. The molecule has 0 saturated heterocycles. The number of carboxylic acids is 1. The fourth-order valence-corrected chi connectivity index (χ4v) is 0.874. The maximum atomic E-state index is 10.6. The number of aldehydes is 1. The van der Waals surface area contributed by atoms with Crippen molar-refractivity contribution in [2.45, 2.75) is 0 Å². The van der Waals surface area contributed by atoms with E-state index >= 15 is 0 Å². The number of carbonyl (C=O) groups excluding carboxylic acids is 1. The van der Waals surface area contributed by atoms with Gasteiger partial charge in [0.1, 0.15) is 6.29 Å². The van der Waals surface area contributed by atoms with Crippen molar-refractivity contribution in [1.29, 1.82) is 0 Å². The fraction of sp³-hybridized carbons (Fsp3) is 0. The molecule has 13 heavy (non-hydrogen) atoms. The lowest BCUT2D eigenvalue weighted by molar-refractivity contribution is -0.104. The zero-order chi connectivity index (χ0) is 9.68. The van der Waals surface area contributed by atoms with E-state index in [9.17, 15) is 9.59 Å².